The molecule has 3 heteroatoms. The van der Waals surface area contributed by atoms with Gasteiger partial charge in [-0.25, -0.2) is 0 Å². The SMILES string of the molecule is CCC1(C(Cc2csc3ccccc23)NN)CCCC1. The Labute approximate surface area is 125 Å². The van der Waals surface area contributed by atoms with Crippen LogP contribution in [0.1, 0.15) is 44.6 Å². The molecule has 1 aliphatic rings. The van der Waals surface area contributed by atoms with Crippen LogP contribution in [0, 0.1) is 5.41 Å². The standard InChI is InChI=1S/C17H24N2S/c1-2-17(9-5-6-10-17)16(19-18)11-13-12-20-15-8-4-3-7-14(13)15/h3-4,7-8,12,16,19H,2,5-6,9-11,18H2,1H3. The van der Waals surface area contributed by atoms with Crippen LogP contribution in [-0.2, 0) is 6.42 Å². The third-order valence-corrected chi connectivity index (χ3v) is 6.24. The normalized spacial score (nSPS) is 19.5. The molecule has 0 saturated heterocycles. The minimum atomic E-state index is 0.396. The number of nitrogens with two attached hydrogens (primary N) is 1. The summed E-state index contributed by atoms with van der Waals surface area (Å²) in [6.07, 6.45) is 7.63. The van der Waals surface area contributed by atoms with E-state index in [2.05, 4.69) is 42.0 Å². The van der Waals surface area contributed by atoms with Gasteiger partial charge >= 0.3 is 0 Å². The lowest BCUT2D eigenvalue weighted by molar-refractivity contribution is 0.185. The van der Waals surface area contributed by atoms with E-state index in [1.807, 2.05) is 11.3 Å². The number of hydrogen-bond donors (Lipinski definition) is 2. The molecule has 0 radical (unpaired) electrons. The minimum absolute atomic E-state index is 0.396. The molecule has 2 nitrogen and oxygen atoms in total. The Kier molecular flexibility index (Phi) is 4.11. The van der Waals surface area contributed by atoms with Crippen LogP contribution in [0.3, 0.4) is 0 Å². The van der Waals surface area contributed by atoms with Gasteiger partial charge in [0.05, 0.1) is 0 Å². The van der Waals surface area contributed by atoms with E-state index in [0.29, 0.717) is 11.5 Å². The zero-order valence-corrected chi connectivity index (χ0v) is 13.0. The van der Waals surface area contributed by atoms with Gasteiger partial charge in [-0.2, -0.15) is 0 Å². The summed E-state index contributed by atoms with van der Waals surface area (Å²) in [6, 6.07) is 9.09. The van der Waals surface area contributed by atoms with Crippen molar-refractivity contribution in [2.45, 2.75) is 51.5 Å². The summed E-state index contributed by atoms with van der Waals surface area (Å²) in [5.41, 5.74) is 5.00. The first-order valence-electron chi connectivity index (χ1n) is 7.70. The zero-order valence-electron chi connectivity index (χ0n) is 12.2. The molecule has 1 aromatic heterocycles. The largest absolute Gasteiger partial charge is 0.271 e. The van der Waals surface area contributed by atoms with Crippen LogP contribution < -0.4 is 11.3 Å². The Hall–Kier alpha value is -0.900. The first kappa shape index (κ1) is 14.1. The van der Waals surface area contributed by atoms with E-state index in [-0.39, 0.29) is 0 Å². The fourth-order valence-electron chi connectivity index (χ4n) is 3.89. The zero-order chi connectivity index (χ0) is 14.0. The van der Waals surface area contributed by atoms with Crippen molar-refractivity contribution in [2.75, 3.05) is 0 Å². The van der Waals surface area contributed by atoms with Gasteiger partial charge in [0, 0.05) is 10.7 Å². The summed E-state index contributed by atoms with van der Waals surface area (Å²) < 4.78 is 1.38. The van der Waals surface area contributed by atoms with Crippen molar-refractivity contribution in [1.82, 2.24) is 5.43 Å². The predicted molar refractivity (Wildman–Crippen MR) is 87.8 cm³/mol. The summed E-state index contributed by atoms with van der Waals surface area (Å²) in [5, 5.41) is 3.72. The second-order valence-electron chi connectivity index (χ2n) is 6.10. The van der Waals surface area contributed by atoms with E-state index in [4.69, 9.17) is 5.84 Å². The van der Waals surface area contributed by atoms with Crippen LogP contribution in [-0.4, -0.2) is 6.04 Å². The first-order valence-corrected chi connectivity index (χ1v) is 8.58. The van der Waals surface area contributed by atoms with Crippen molar-refractivity contribution < 1.29 is 0 Å². The molecule has 108 valence electrons. The number of nitrogens with one attached hydrogen (secondary N) is 1. The highest BCUT2D eigenvalue weighted by Gasteiger charge is 2.39. The monoisotopic (exact) mass is 288 g/mol. The molecule has 3 N–H and O–H groups in total. The number of fused-ring (bicyclic) bond motifs is 1. The molecule has 2 aromatic rings. The Morgan fingerprint density at radius 3 is 2.75 bits per heavy atom. The van der Waals surface area contributed by atoms with Crippen LogP contribution in [0.2, 0.25) is 0 Å². The van der Waals surface area contributed by atoms with Crippen molar-refractivity contribution in [1.29, 1.82) is 0 Å². The maximum Gasteiger partial charge on any atom is 0.0345 e. The molecule has 1 heterocycles. The quantitative estimate of drug-likeness (QED) is 0.638. The van der Waals surface area contributed by atoms with Gasteiger partial charge in [-0.15, -0.1) is 11.3 Å². The van der Waals surface area contributed by atoms with E-state index < -0.39 is 0 Å². The molecule has 1 fully saturated rings. The van der Waals surface area contributed by atoms with Crippen LogP contribution in [0.15, 0.2) is 29.6 Å². The summed E-state index contributed by atoms with van der Waals surface area (Å²) in [7, 11) is 0. The number of thiophene rings is 1. The number of rotatable bonds is 5. The summed E-state index contributed by atoms with van der Waals surface area (Å²) in [6.45, 7) is 2.32. The summed E-state index contributed by atoms with van der Waals surface area (Å²) in [4.78, 5) is 0. The Morgan fingerprint density at radius 2 is 2.05 bits per heavy atom. The van der Waals surface area contributed by atoms with Gasteiger partial charge < -0.3 is 0 Å². The molecule has 1 atom stereocenters. The van der Waals surface area contributed by atoms with Crippen molar-refractivity contribution >= 4 is 21.4 Å². The van der Waals surface area contributed by atoms with Crippen LogP contribution in [0.5, 0.6) is 0 Å². The average Bonchev–Trinajstić information content (AvgIpc) is 3.12. The molecule has 0 amide bonds. The molecule has 0 aliphatic heterocycles. The van der Waals surface area contributed by atoms with Crippen LogP contribution in [0.25, 0.3) is 10.1 Å². The lowest BCUT2D eigenvalue weighted by Crippen LogP contribution is -2.48. The smallest absolute Gasteiger partial charge is 0.0345 e. The van der Waals surface area contributed by atoms with E-state index >= 15 is 0 Å². The second kappa shape index (κ2) is 5.84. The maximum absolute atomic E-state index is 5.93. The lowest BCUT2D eigenvalue weighted by atomic mass is 9.74. The fourth-order valence-corrected chi connectivity index (χ4v) is 4.87. The average molecular weight is 288 g/mol. The third kappa shape index (κ3) is 2.39. The topological polar surface area (TPSA) is 38.0 Å². The van der Waals surface area contributed by atoms with E-state index in [9.17, 15) is 0 Å². The Balaban J connectivity index is 1.88. The van der Waals surface area contributed by atoms with E-state index in [1.165, 1.54) is 47.8 Å². The number of hydrogen-bond acceptors (Lipinski definition) is 3. The third-order valence-electron chi connectivity index (χ3n) is 5.23. The maximum atomic E-state index is 5.93. The van der Waals surface area contributed by atoms with E-state index in [1.54, 1.807) is 0 Å². The van der Waals surface area contributed by atoms with Gasteiger partial charge in [0.25, 0.3) is 0 Å². The lowest BCUT2D eigenvalue weighted by Gasteiger charge is -2.36. The molecule has 3 rings (SSSR count). The molecule has 1 aliphatic carbocycles. The molecule has 1 saturated carbocycles. The van der Waals surface area contributed by atoms with Crippen molar-refractivity contribution in [3.8, 4) is 0 Å². The van der Waals surface area contributed by atoms with Crippen LogP contribution >= 0.6 is 11.3 Å². The van der Waals surface area contributed by atoms with Gasteiger partial charge in [0.2, 0.25) is 0 Å². The highest BCUT2D eigenvalue weighted by Crippen LogP contribution is 2.45. The van der Waals surface area contributed by atoms with Crippen molar-refractivity contribution in [3.05, 3.63) is 35.2 Å². The van der Waals surface area contributed by atoms with Crippen molar-refractivity contribution in [3.63, 3.8) is 0 Å². The fraction of sp³-hybridized carbons (Fsp3) is 0.529. The second-order valence-corrected chi connectivity index (χ2v) is 7.01. The number of benzene rings is 1. The molecule has 1 unspecified atom stereocenters. The Morgan fingerprint density at radius 1 is 1.30 bits per heavy atom. The molecule has 0 spiro atoms. The van der Waals surface area contributed by atoms with Gasteiger partial charge in [-0.1, -0.05) is 38.0 Å². The van der Waals surface area contributed by atoms with Gasteiger partial charge in [0.1, 0.15) is 0 Å². The predicted octanol–water partition coefficient (Wildman–Crippen LogP) is 4.25. The summed E-state index contributed by atoms with van der Waals surface area (Å²) in [5.74, 6) is 5.93. The Bertz CT molecular complexity index is 569. The molecular weight excluding hydrogens is 264 g/mol. The molecule has 20 heavy (non-hydrogen) atoms. The van der Waals surface area contributed by atoms with E-state index in [0.717, 1.165) is 6.42 Å². The minimum Gasteiger partial charge on any atom is -0.271 e. The molecular formula is C17H24N2S. The summed E-state index contributed by atoms with van der Waals surface area (Å²) >= 11 is 1.85. The molecule has 1 aromatic carbocycles. The van der Waals surface area contributed by atoms with Crippen molar-refractivity contribution in [2.24, 2.45) is 11.3 Å². The molecule has 0 bridgehead atoms. The highest BCUT2D eigenvalue weighted by molar-refractivity contribution is 7.17. The first-order chi connectivity index (χ1) is 9.79. The highest BCUT2D eigenvalue weighted by atomic mass is 32.1. The number of hydrazine groups is 1. The van der Waals surface area contributed by atoms with Gasteiger partial charge in [-0.05, 0) is 53.5 Å². The van der Waals surface area contributed by atoms with Gasteiger partial charge in [-0.3, -0.25) is 11.3 Å². The van der Waals surface area contributed by atoms with Crippen LogP contribution in [0.4, 0.5) is 0 Å². The van der Waals surface area contributed by atoms with Gasteiger partial charge in [0.15, 0.2) is 0 Å².